The van der Waals surface area contributed by atoms with Crippen LogP contribution in [0.1, 0.15) is 316 Å². The van der Waals surface area contributed by atoms with Crippen LogP contribution < -0.4 is 5.32 Å². The van der Waals surface area contributed by atoms with Gasteiger partial charge in [-0.25, -0.2) is 0 Å². The molecule has 0 aliphatic heterocycles. The topological polar surface area (TPSA) is 95.9 Å². The van der Waals surface area contributed by atoms with Crippen LogP contribution in [0.25, 0.3) is 0 Å². The molecular formula is C57H111NO5. The maximum atomic E-state index is 13.2. The van der Waals surface area contributed by atoms with Gasteiger partial charge < -0.3 is 20.3 Å². The molecule has 1 amide bonds. The van der Waals surface area contributed by atoms with E-state index in [9.17, 15) is 19.8 Å². The second kappa shape index (κ2) is 51.6. The SMILES string of the molecule is CCCCCCCCC/C=C\CCCCCC(=O)OC(CCCCCCCCCCCCCCCCCCC)CC(=O)NC(CO)C(O)CCCCCCCCCCCCCCC. The van der Waals surface area contributed by atoms with Gasteiger partial charge in [0.05, 0.1) is 25.2 Å². The lowest BCUT2D eigenvalue weighted by Gasteiger charge is -2.24. The zero-order valence-corrected chi connectivity index (χ0v) is 42.7. The van der Waals surface area contributed by atoms with Gasteiger partial charge >= 0.3 is 5.97 Å². The van der Waals surface area contributed by atoms with Crippen LogP contribution in [-0.4, -0.2) is 46.9 Å². The first-order valence-corrected chi connectivity index (χ1v) is 28.4. The van der Waals surface area contributed by atoms with Crippen molar-refractivity contribution in [3.05, 3.63) is 12.2 Å². The minimum atomic E-state index is -0.784. The molecule has 0 aliphatic carbocycles. The second-order valence-electron chi connectivity index (χ2n) is 19.7. The first kappa shape index (κ1) is 61.6. The molecule has 0 spiro atoms. The molecule has 0 saturated heterocycles. The third kappa shape index (κ3) is 46.9. The van der Waals surface area contributed by atoms with Crippen molar-refractivity contribution < 1.29 is 24.5 Å². The van der Waals surface area contributed by atoms with E-state index in [0.717, 1.165) is 51.4 Å². The molecule has 3 atom stereocenters. The van der Waals surface area contributed by atoms with Crippen molar-refractivity contribution >= 4 is 11.9 Å². The summed E-state index contributed by atoms with van der Waals surface area (Å²) in [6.07, 6.45) is 58.5. The van der Waals surface area contributed by atoms with E-state index < -0.39 is 18.2 Å². The molecule has 374 valence electrons. The summed E-state index contributed by atoms with van der Waals surface area (Å²) in [7, 11) is 0. The Labute approximate surface area is 393 Å². The van der Waals surface area contributed by atoms with Crippen LogP contribution in [0.4, 0.5) is 0 Å². The molecule has 0 bridgehead atoms. The van der Waals surface area contributed by atoms with Crippen molar-refractivity contribution in [3.8, 4) is 0 Å². The van der Waals surface area contributed by atoms with Crippen molar-refractivity contribution in [2.75, 3.05) is 6.61 Å². The fraction of sp³-hybridized carbons (Fsp3) is 0.930. The number of nitrogens with one attached hydrogen (secondary N) is 1. The Bertz CT molecular complexity index is 955. The van der Waals surface area contributed by atoms with Gasteiger partial charge in [0.1, 0.15) is 6.10 Å². The normalized spacial score (nSPS) is 13.2. The average Bonchev–Trinajstić information content (AvgIpc) is 3.28. The first-order valence-electron chi connectivity index (χ1n) is 28.4. The minimum Gasteiger partial charge on any atom is -0.462 e. The van der Waals surface area contributed by atoms with Crippen LogP contribution in [-0.2, 0) is 14.3 Å². The smallest absolute Gasteiger partial charge is 0.306 e. The molecule has 6 heteroatoms. The van der Waals surface area contributed by atoms with Crippen LogP contribution >= 0.6 is 0 Å². The Morgan fingerprint density at radius 1 is 0.444 bits per heavy atom. The quantitative estimate of drug-likeness (QED) is 0.0321. The highest BCUT2D eigenvalue weighted by Crippen LogP contribution is 2.19. The molecule has 0 rings (SSSR count). The Morgan fingerprint density at radius 3 is 1.13 bits per heavy atom. The third-order valence-electron chi connectivity index (χ3n) is 13.3. The fourth-order valence-corrected chi connectivity index (χ4v) is 9.02. The van der Waals surface area contributed by atoms with Gasteiger partial charge in [0.2, 0.25) is 5.91 Å². The van der Waals surface area contributed by atoms with Gasteiger partial charge in [0.15, 0.2) is 0 Å². The highest BCUT2D eigenvalue weighted by atomic mass is 16.5. The number of allylic oxidation sites excluding steroid dienone is 2. The summed E-state index contributed by atoms with van der Waals surface area (Å²) in [6.45, 7) is 6.52. The number of aliphatic hydroxyl groups is 2. The van der Waals surface area contributed by atoms with Gasteiger partial charge in [-0.15, -0.1) is 0 Å². The van der Waals surface area contributed by atoms with E-state index in [4.69, 9.17) is 4.74 Å². The van der Waals surface area contributed by atoms with Gasteiger partial charge in [-0.3, -0.25) is 9.59 Å². The molecule has 0 aliphatic rings. The molecule has 0 aromatic carbocycles. The number of esters is 1. The maximum absolute atomic E-state index is 13.2. The van der Waals surface area contributed by atoms with Crippen LogP contribution in [0.15, 0.2) is 12.2 Å². The monoisotopic (exact) mass is 890 g/mol. The van der Waals surface area contributed by atoms with Crippen LogP contribution in [0.3, 0.4) is 0 Å². The highest BCUT2D eigenvalue weighted by Gasteiger charge is 2.24. The predicted molar refractivity (Wildman–Crippen MR) is 273 cm³/mol. The number of unbranched alkanes of at least 4 members (excludes halogenated alkanes) is 38. The molecule has 0 aromatic heterocycles. The fourth-order valence-electron chi connectivity index (χ4n) is 9.02. The summed E-state index contributed by atoms with van der Waals surface area (Å²) in [5, 5.41) is 23.8. The van der Waals surface area contributed by atoms with E-state index >= 15 is 0 Å². The van der Waals surface area contributed by atoms with Crippen LogP contribution in [0.2, 0.25) is 0 Å². The molecule has 0 saturated carbocycles. The summed E-state index contributed by atoms with van der Waals surface area (Å²) in [6, 6.07) is -0.698. The van der Waals surface area contributed by atoms with Crippen molar-refractivity contribution in [2.45, 2.75) is 334 Å². The third-order valence-corrected chi connectivity index (χ3v) is 13.3. The van der Waals surface area contributed by atoms with Crippen LogP contribution in [0, 0.1) is 0 Å². The molecule has 0 radical (unpaired) electrons. The lowest BCUT2D eigenvalue weighted by atomic mass is 10.0. The number of ether oxygens (including phenoxy) is 1. The lowest BCUT2D eigenvalue weighted by Crippen LogP contribution is -2.46. The Kier molecular flexibility index (Phi) is 50.4. The number of hydrogen-bond acceptors (Lipinski definition) is 5. The van der Waals surface area contributed by atoms with E-state index in [1.54, 1.807) is 0 Å². The Hall–Kier alpha value is -1.40. The van der Waals surface area contributed by atoms with E-state index in [0.29, 0.717) is 19.3 Å². The minimum absolute atomic E-state index is 0.0795. The molecule has 63 heavy (non-hydrogen) atoms. The Morgan fingerprint density at radius 2 is 0.762 bits per heavy atom. The molecule has 0 fully saturated rings. The number of rotatable bonds is 52. The largest absolute Gasteiger partial charge is 0.462 e. The van der Waals surface area contributed by atoms with Crippen molar-refractivity contribution in [3.63, 3.8) is 0 Å². The van der Waals surface area contributed by atoms with Crippen molar-refractivity contribution in [1.29, 1.82) is 0 Å². The Balaban J connectivity index is 4.54. The van der Waals surface area contributed by atoms with E-state index in [2.05, 4.69) is 38.2 Å². The standard InChI is InChI=1S/C57H111NO5/c1-4-7-10-13-16-19-22-25-27-28-29-31-33-36-39-42-45-48-53(63-57(62)50-47-44-41-38-35-32-26-23-20-17-14-11-8-5-2)51-56(61)58-54(52-59)55(60)49-46-43-40-37-34-30-24-21-18-15-12-9-6-3/h32,35,53-55,59-60H,4-31,33-34,36-52H2,1-3H3,(H,58,61)/b35-32-. The van der Waals surface area contributed by atoms with Gasteiger partial charge in [-0.1, -0.05) is 264 Å². The van der Waals surface area contributed by atoms with Gasteiger partial charge in [-0.2, -0.15) is 0 Å². The number of amides is 1. The summed E-state index contributed by atoms with van der Waals surface area (Å²) < 4.78 is 5.95. The summed E-state index contributed by atoms with van der Waals surface area (Å²) in [4.78, 5) is 26.2. The summed E-state index contributed by atoms with van der Waals surface area (Å²) in [5.74, 6) is -0.470. The van der Waals surface area contributed by atoms with E-state index in [1.807, 2.05) is 0 Å². The van der Waals surface area contributed by atoms with Crippen LogP contribution in [0.5, 0.6) is 0 Å². The van der Waals surface area contributed by atoms with E-state index in [-0.39, 0.29) is 24.9 Å². The lowest BCUT2D eigenvalue weighted by molar-refractivity contribution is -0.151. The molecule has 3 N–H and O–H groups in total. The number of hydrogen-bond donors (Lipinski definition) is 3. The number of carbonyl (C=O) groups excluding carboxylic acids is 2. The van der Waals surface area contributed by atoms with Gasteiger partial charge in [0.25, 0.3) is 0 Å². The predicted octanol–water partition coefficient (Wildman–Crippen LogP) is 17.3. The number of carbonyl (C=O) groups is 2. The van der Waals surface area contributed by atoms with Crippen molar-refractivity contribution in [1.82, 2.24) is 5.32 Å². The van der Waals surface area contributed by atoms with E-state index in [1.165, 1.54) is 218 Å². The first-order chi connectivity index (χ1) is 31.0. The zero-order chi connectivity index (χ0) is 45.9. The molecule has 0 heterocycles. The van der Waals surface area contributed by atoms with Gasteiger partial charge in [-0.05, 0) is 51.4 Å². The highest BCUT2D eigenvalue weighted by molar-refractivity contribution is 5.77. The second-order valence-corrected chi connectivity index (χ2v) is 19.7. The molecule has 0 aromatic rings. The molecular weight excluding hydrogens is 779 g/mol. The summed E-state index contributed by atoms with van der Waals surface area (Å²) >= 11 is 0. The maximum Gasteiger partial charge on any atom is 0.306 e. The zero-order valence-electron chi connectivity index (χ0n) is 42.7. The van der Waals surface area contributed by atoms with Crippen molar-refractivity contribution in [2.24, 2.45) is 0 Å². The summed E-state index contributed by atoms with van der Waals surface area (Å²) in [5.41, 5.74) is 0. The number of aliphatic hydroxyl groups excluding tert-OH is 2. The van der Waals surface area contributed by atoms with Gasteiger partial charge in [0, 0.05) is 6.42 Å². The molecule has 3 unspecified atom stereocenters. The molecule has 6 nitrogen and oxygen atoms in total. The average molecular weight is 891 g/mol.